The highest BCUT2D eigenvalue weighted by Crippen LogP contribution is 2.32. The van der Waals surface area contributed by atoms with Gasteiger partial charge in [-0.25, -0.2) is 4.98 Å². The number of nitro groups is 1. The molecule has 0 spiro atoms. The predicted molar refractivity (Wildman–Crippen MR) is 80.6 cm³/mol. The van der Waals surface area contributed by atoms with E-state index >= 15 is 0 Å². The number of anilines is 1. The summed E-state index contributed by atoms with van der Waals surface area (Å²) >= 11 is 1.60. The number of thiazole rings is 1. The Kier molecular flexibility index (Phi) is 3.54. The van der Waals surface area contributed by atoms with Crippen molar-refractivity contribution in [1.29, 1.82) is 0 Å². The maximum atomic E-state index is 10.8. The summed E-state index contributed by atoms with van der Waals surface area (Å²) in [5.74, 6) is 0. The Balaban J connectivity index is 1.84. The number of non-ortho nitro benzene ring substituents is 1. The monoisotopic (exact) mass is 292 g/mol. The molecule has 6 nitrogen and oxygen atoms in total. The van der Waals surface area contributed by atoms with Gasteiger partial charge in [0.25, 0.3) is 5.69 Å². The lowest BCUT2D eigenvalue weighted by Crippen LogP contribution is -2.41. The second-order valence-electron chi connectivity index (χ2n) is 4.96. The summed E-state index contributed by atoms with van der Waals surface area (Å²) in [5.41, 5.74) is 0.818. The topological polar surface area (TPSA) is 71.3 Å². The number of rotatable bonds is 3. The molecule has 1 aromatic heterocycles. The zero-order valence-electron chi connectivity index (χ0n) is 11.2. The Bertz CT molecular complexity index is 634. The molecule has 0 amide bonds. The molecule has 1 fully saturated rings. The van der Waals surface area contributed by atoms with Crippen molar-refractivity contribution in [2.75, 3.05) is 25.0 Å². The number of fused-ring (bicyclic) bond motifs is 1. The van der Waals surface area contributed by atoms with E-state index in [0.717, 1.165) is 41.3 Å². The van der Waals surface area contributed by atoms with Gasteiger partial charge < -0.3 is 10.2 Å². The van der Waals surface area contributed by atoms with E-state index in [0.29, 0.717) is 6.04 Å². The Hall–Kier alpha value is -1.73. The predicted octanol–water partition coefficient (Wildman–Crippen LogP) is 2.39. The van der Waals surface area contributed by atoms with Crippen LogP contribution >= 0.6 is 11.3 Å². The highest BCUT2D eigenvalue weighted by Gasteiger charge is 2.21. The fraction of sp³-hybridized carbons (Fsp3) is 0.462. The average Bonchev–Trinajstić information content (AvgIpc) is 2.90. The van der Waals surface area contributed by atoms with Crippen LogP contribution in [0.4, 0.5) is 10.8 Å². The van der Waals surface area contributed by atoms with E-state index < -0.39 is 0 Å². The van der Waals surface area contributed by atoms with Crippen LogP contribution in [0.3, 0.4) is 0 Å². The molecule has 0 unspecified atom stereocenters. The minimum atomic E-state index is -0.378. The summed E-state index contributed by atoms with van der Waals surface area (Å²) < 4.78 is 1.00. The van der Waals surface area contributed by atoms with E-state index in [-0.39, 0.29) is 10.6 Å². The fourth-order valence-electron chi connectivity index (χ4n) is 2.51. The van der Waals surface area contributed by atoms with Crippen molar-refractivity contribution in [3.8, 4) is 0 Å². The lowest BCUT2D eigenvalue weighted by Gasteiger charge is -2.31. The summed E-state index contributed by atoms with van der Waals surface area (Å²) in [5, 5.41) is 15.1. The van der Waals surface area contributed by atoms with Crippen LogP contribution in [0, 0.1) is 10.1 Å². The highest BCUT2D eigenvalue weighted by atomic mass is 32.1. The lowest BCUT2D eigenvalue weighted by atomic mass is 10.1. The number of hydrogen-bond acceptors (Lipinski definition) is 6. The number of piperidine rings is 1. The lowest BCUT2D eigenvalue weighted by molar-refractivity contribution is -0.384. The van der Waals surface area contributed by atoms with Crippen molar-refractivity contribution in [3.63, 3.8) is 0 Å². The first kappa shape index (κ1) is 13.3. The second kappa shape index (κ2) is 5.34. The van der Waals surface area contributed by atoms with Gasteiger partial charge in [-0.2, -0.15) is 0 Å². The van der Waals surface area contributed by atoms with Gasteiger partial charge >= 0.3 is 0 Å². The van der Waals surface area contributed by atoms with Gasteiger partial charge in [-0.05, 0) is 26.0 Å². The largest absolute Gasteiger partial charge is 0.348 e. The number of aromatic nitrogens is 1. The SMILES string of the molecule is CNC1CCN(c2nc3cc([N+](=O)[O-])ccc3s2)CC1. The van der Waals surface area contributed by atoms with E-state index in [1.54, 1.807) is 23.5 Å². The Morgan fingerprint density at radius 3 is 2.85 bits per heavy atom. The first-order valence-electron chi connectivity index (χ1n) is 6.64. The van der Waals surface area contributed by atoms with Crippen LogP contribution in [-0.4, -0.2) is 36.1 Å². The molecule has 1 saturated heterocycles. The third-order valence-electron chi connectivity index (χ3n) is 3.74. The molecular weight excluding hydrogens is 276 g/mol. The summed E-state index contributed by atoms with van der Waals surface area (Å²) in [7, 11) is 2.00. The number of nitro benzene ring substituents is 1. The van der Waals surface area contributed by atoms with Gasteiger partial charge in [0.1, 0.15) is 0 Å². The van der Waals surface area contributed by atoms with E-state index in [1.807, 2.05) is 7.05 Å². The maximum absolute atomic E-state index is 10.8. The molecular formula is C13H16N4O2S. The fourth-order valence-corrected chi connectivity index (χ4v) is 3.51. The smallest absolute Gasteiger partial charge is 0.271 e. The molecule has 3 rings (SSSR count). The molecule has 7 heteroatoms. The molecule has 0 aliphatic carbocycles. The van der Waals surface area contributed by atoms with Crippen LogP contribution in [0.15, 0.2) is 18.2 Å². The Morgan fingerprint density at radius 1 is 1.45 bits per heavy atom. The van der Waals surface area contributed by atoms with Crippen molar-refractivity contribution in [2.24, 2.45) is 0 Å². The molecule has 0 radical (unpaired) electrons. The molecule has 1 aromatic carbocycles. The third-order valence-corrected chi connectivity index (χ3v) is 4.84. The zero-order valence-corrected chi connectivity index (χ0v) is 12.0. The highest BCUT2D eigenvalue weighted by molar-refractivity contribution is 7.22. The van der Waals surface area contributed by atoms with Gasteiger partial charge in [0, 0.05) is 31.3 Å². The van der Waals surface area contributed by atoms with Crippen molar-refractivity contribution < 1.29 is 4.92 Å². The van der Waals surface area contributed by atoms with Gasteiger partial charge in [-0.15, -0.1) is 0 Å². The van der Waals surface area contributed by atoms with Gasteiger partial charge in [-0.3, -0.25) is 10.1 Å². The van der Waals surface area contributed by atoms with Crippen molar-refractivity contribution >= 4 is 32.4 Å². The summed E-state index contributed by atoms with van der Waals surface area (Å²) in [6, 6.07) is 5.46. The van der Waals surface area contributed by atoms with Crippen LogP contribution in [0.1, 0.15) is 12.8 Å². The van der Waals surface area contributed by atoms with Crippen LogP contribution in [0.25, 0.3) is 10.2 Å². The number of benzene rings is 1. The van der Waals surface area contributed by atoms with Crippen molar-refractivity contribution in [3.05, 3.63) is 28.3 Å². The van der Waals surface area contributed by atoms with E-state index in [9.17, 15) is 10.1 Å². The molecule has 1 aliphatic heterocycles. The Labute approximate surface area is 120 Å². The van der Waals surface area contributed by atoms with E-state index in [2.05, 4.69) is 15.2 Å². The summed E-state index contributed by atoms with van der Waals surface area (Å²) in [6.45, 7) is 1.96. The van der Waals surface area contributed by atoms with Crippen LogP contribution in [-0.2, 0) is 0 Å². The maximum Gasteiger partial charge on any atom is 0.271 e. The average molecular weight is 292 g/mol. The minimum Gasteiger partial charge on any atom is -0.348 e. The van der Waals surface area contributed by atoms with Crippen LogP contribution < -0.4 is 10.2 Å². The standard InChI is InChI=1S/C13H16N4O2S/c1-14-9-4-6-16(7-5-9)13-15-11-8-10(17(18)19)2-3-12(11)20-13/h2-3,8-9,14H,4-7H2,1H3. The molecule has 0 atom stereocenters. The van der Waals surface area contributed by atoms with Crippen molar-refractivity contribution in [1.82, 2.24) is 10.3 Å². The zero-order chi connectivity index (χ0) is 14.1. The summed E-state index contributed by atoms with van der Waals surface area (Å²) in [6.07, 6.45) is 2.21. The molecule has 2 heterocycles. The van der Waals surface area contributed by atoms with Gasteiger partial charge in [-0.1, -0.05) is 11.3 Å². The van der Waals surface area contributed by atoms with Crippen LogP contribution in [0.2, 0.25) is 0 Å². The number of nitrogens with zero attached hydrogens (tertiary/aromatic N) is 3. The quantitative estimate of drug-likeness (QED) is 0.694. The normalized spacial score (nSPS) is 16.8. The van der Waals surface area contributed by atoms with Gasteiger partial charge in [0.15, 0.2) is 5.13 Å². The molecule has 0 bridgehead atoms. The molecule has 1 aliphatic rings. The van der Waals surface area contributed by atoms with Crippen LogP contribution in [0.5, 0.6) is 0 Å². The number of nitrogens with one attached hydrogen (secondary N) is 1. The molecule has 0 saturated carbocycles. The number of hydrogen-bond donors (Lipinski definition) is 1. The minimum absolute atomic E-state index is 0.100. The third kappa shape index (κ3) is 2.46. The molecule has 20 heavy (non-hydrogen) atoms. The first-order valence-corrected chi connectivity index (χ1v) is 7.46. The molecule has 2 aromatic rings. The Morgan fingerprint density at radius 2 is 2.20 bits per heavy atom. The van der Waals surface area contributed by atoms with E-state index in [1.165, 1.54) is 6.07 Å². The van der Waals surface area contributed by atoms with Gasteiger partial charge in [0.2, 0.25) is 0 Å². The molecule has 106 valence electrons. The van der Waals surface area contributed by atoms with Crippen molar-refractivity contribution in [2.45, 2.75) is 18.9 Å². The van der Waals surface area contributed by atoms with Gasteiger partial charge in [0.05, 0.1) is 15.1 Å². The van der Waals surface area contributed by atoms with E-state index in [4.69, 9.17) is 0 Å². The molecule has 1 N–H and O–H groups in total. The first-order chi connectivity index (χ1) is 9.67. The second-order valence-corrected chi connectivity index (χ2v) is 5.96. The summed E-state index contributed by atoms with van der Waals surface area (Å²) in [4.78, 5) is 17.2.